The van der Waals surface area contributed by atoms with Gasteiger partial charge in [-0.2, -0.15) is 4.98 Å². The van der Waals surface area contributed by atoms with E-state index in [0.717, 1.165) is 63.7 Å². The van der Waals surface area contributed by atoms with Gasteiger partial charge in [0.05, 0.1) is 0 Å². The molecular formula is C13H23N5O. The minimum absolute atomic E-state index is 0.358. The molecule has 3 rings (SSSR count). The molecule has 19 heavy (non-hydrogen) atoms. The molecular weight excluding hydrogens is 242 g/mol. The van der Waals surface area contributed by atoms with Crippen molar-refractivity contribution in [3.63, 3.8) is 0 Å². The van der Waals surface area contributed by atoms with Gasteiger partial charge in [-0.05, 0) is 37.9 Å². The Labute approximate surface area is 113 Å². The first-order chi connectivity index (χ1) is 9.22. The molecule has 2 heterocycles. The fourth-order valence-corrected chi connectivity index (χ4v) is 2.89. The SMILES string of the molecule is CN1CCN(c2noc(C3CCC(N)CC3)n2)CC1. The van der Waals surface area contributed by atoms with Gasteiger partial charge in [0.15, 0.2) is 0 Å². The lowest BCUT2D eigenvalue weighted by Gasteiger charge is -2.31. The van der Waals surface area contributed by atoms with Crippen LogP contribution in [0.5, 0.6) is 0 Å². The maximum absolute atomic E-state index is 5.93. The predicted octanol–water partition coefficient (Wildman–Crippen LogP) is 0.806. The monoisotopic (exact) mass is 265 g/mol. The molecule has 1 aliphatic heterocycles. The summed E-state index contributed by atoms with van der Waals surface area (Å²) in [7, 11) is 2.14. The van der Waals surface area contributed by atoms with E-state index in [1.165, 1.54) is 0 Å². The molecule has 2 N–H and O–H groups in total. The van der Waals surface area contributed by atoms with Crippen molar-refractivity contribution in [2.24, 2.45) is 5.73 Å². The maximum Gasteiger partial charge on any atom is 0.266 e. The van der Waals surface area contributed by atoms with E-state index in [0.29, 0.717) is 12.0 Å². The highest BCUT2D eigenvalue weighted by Crippen LogP contribution is 2.32. The van der Waals surface area contributed by atoms with Gasteiger partial charge < -0.3 is 20.1 Å². The molecule has 6 nitrogen and oxygen atoms in total. The number of aromatic nitrogens is 2. The van der Waals surface area contributed by atoms with Crippen LogP contribution in [0.3, 0.4) is 0 Å². The molecule has 1 aromatic heterocycles. The average Bonchev–Trinajstić information content (AvgIpc) is 2.90. The topological polar surface area (TPSA) is 71.4 Å². The van der Waals surface area contributed by atoms with Gasteiger partial charge in [-0.3, -0.25) is 0 Å². The van der Waals surface area contributed by atoms with Crippen molar-refractivity contribution in [1.29, 1.82) is 0 Å². The van der Waals surface area contributed by atoms with E-state index < -0.39 is 0 Å². The van der Waals surface area contributed by atoms with Crippen molar-refractivity contribution in [1.82, 2.24) is 15.0 Å². The van der Waals surface area contributed by atoms with Gasteiger partial charge in [0, 0.05) is 38.1 Å². The normalized spacial score (nSPS) is 29.7. The molecule has 1 saturated heterocycles. The Bertz CT molecular complexity index is 368. The zero-order valence-corrected chi connectivity index (χ0v) is 11.6. The second kappa shape index (κ2) is 5.46. The summed E-state index contributed by atoms with van der Waals surface area (Å²) >= 11 is 0. The molecule has 0 amide bonds. The largest absolute Gasteiger partial charge is 0.337 e. The Morgan fingerprint density at radius 1 is 1.11 bits per heavy atom. The Kier molecular flexibility index (Phi) is 3.70. The number of anilines is 1. The number of piperazine rings is 1. The third-order valence-electron chi connectivity index (χ3n) is 4.34. The van der Waals surface area contributed by atoms with Crippen LogP contribution in [0.2, 0.25) is 0 Å². The molecule has 0 radical (unpaired) electrons. The zero-order valence-electron chi connectivity index (χ0n) is 11.6. The summed E-state index contributed by atoms with van der Waals surface area (Å²) in [6.45, 7) is 4.07. The van der Waals surface area contributed by atoms with Crippen molar-refractivity contribution in [3.05, 3.63) is 5.89 Å². The summed E-state index contributed by atoms with van der Waals surface area (Å²) in [5.74, 6) is 1.98. The minimum Gasteiger partial charge on any atom is -0.337 e. The van der Waals surface area contributed by atoms with Crippen LogP contribution < -0.4 is 10.6 Å². The summed E-state index contributed by atoms with van der Waals surface area (Å²) in [4.78, 5) is 9.13. The van der Waals surface area contributed by atoms with Crippen LogP contribution in [0.15, 0.2) is 4.52 Å². The average molecular weight is 265 g/mol. The molecule has 0 unspecified atom stereocenters. The first kappa shape index (κ1) is 12.9. The molecule has 0 aromatic carbocycles. The Morgan fingerprint density at radius 2 is 1.79 bits per heavy atom. The number of hydrogen-bond donors (Lipinski definition) is 1. The van der Waals surface area contributed by atoms with Crippen molar-refractivity contribution in [2.45, 2.75) is 37.6 Å². The molecule has 1 aromatic rings. The molecule has 1 saturated carbocycles. The third kappa shape index (κ3) is 2.90. The Morgan fingerprint density at radius 3 is 2.47 bits per heavy atom. The van der Waals surface area contributed by atoms with Crippen LogP contribution in [-0.4, -0.2) is 54.3 Å². The fourth-order valence-electron chi connectivity index (χ4n) is 2.89. The number of hydrogen-bond acceptors (Lipinski definition) is 6. The molecule has 0 bridgehead atoms. The lowest BCUT2D eigenvalue weighted by Crippen LogP contribution is -2.44. The van der Waals surface area contributed by atoms with E-state index in [1.54, 1.807) is 0 Å². The van der Waals surface area contributed by atoms with E-state index in [4.69, 9.17) is 10.3 Å². The van der Waals surface area contributed by atoms with E-state index in [1.807, 2.05) is 0 Å². The number of nitrogens with zero attached hydrogens (tertiary/aromatic N) is 4. The molecule has 0 atom stereocenters. The number of rotatable bonds is 2. The van der Waals surface area contributed by atoms with Crippen LogP contribution in [0, 0.1) is 0 Å². The van der Waals surface area contributed by atoms with Gasteiger partial charge >= 0.3 is 0 Å². The minimum atomic E-state index is 0.358. The predicted molar refractivity (Wildman–Crippen MR) is 73.2 cm³/mol. The quantitative estimate of drug-likeness (QED) is 0.853. The van der Waals surface area contributed by atoms with Crippen molar-refractivity contribution in [2.75, 3.05) is 38.1 Å². The highest BCUT2D eigenvalue weighted by atomic mass is 16.5. The van der Waals surface area contributed by atoms with Gasteiger partial charge in [0.2, 0.25) is 5.89 Å². The lowest BCUT2D eigenvalue weighted by molar-refractivity contribution is 0.297. The van der Waals surface area contributed by atoms with Crippen molar-refractivity contribution < 1.29 is 4.52 Å². The molecule has 2 aliphatic rings. The second-order valence-corrected chi connectivity index (χ2v) is 5.83. The van der Waals surface area contributed by atoms with Crippen LogP contribution in [0.4, 0.5) is 5.95 Å². The maximum atomic E-state index is 5.93. The summed E-state index contributed by atoms with van der Waals surface area (Å²) in [6, 6.07) is 0.358. The van der Waals surface area contributed by atoms with Crippen molar-refractivity contribution >= 4 is 5.95 Å². The van der Waals surface area contributed by atoms with Crippen LogP contribution in [-0.2, 0) is 0 Å². The van der Waals surface area contributed by atoms with E-state index in [2.05, 4.69) is 27.0 Å². The highest BCUT2D eigenvalue weighted by Gasteiger charge is 2.26. The zero-order chi connectivity index (χ0) is 13.2. The first-order valence-electron chi connectivity index (χ1n) is 7.25. The van der Waals surface area contributed by atoms with E-state index in [9.17, 15) is 0 Å². The van der Waals surface area contributed by atoms with Gasteiger partial charge in [-0.1, -0.05) is 0 Å². The van der Waals surface area contributed by atoms with Gasteiger partial charge in [-0.15, -0.1) is 0 Å². The second-order valence-electron chi connectivity index (χ2n) is 5.83. The first-order valence-corrected chi connectivity index (χ1v) is 7.25. The highest BCUT2D eigenvalue weighted by molar-refractivity contribution is 5.29. The Balaban J connectivity index is 1.63. The van der Waals surface area contributed by atoms with E-state index >= 15 is 0 Å². The Hall–Kier alpha value is -1.14. The number of nitrogens with two attached hydrogens (primary N) is 1. The number of likely N-dealkylation sites (N-methyl/N-ethyl adjacent to an activating group) is 1. The smallest absolute Gasteiger partial charge is 0.266 e. The molecule has 6 heteroatoms. The molecule has 106 valence electrons. The lowest BCUT2D eigenvalue weighted by atomic mass is 9.86. The van der Waals surface area contributed by atoms with Gasteiger partial charge in [-0.25, -0.2) is 0 Å². The fraction of sp³-hybridized carbons (Fsp3) is 0.846. The standard InChI is InChI=1S/C13H23N5O/c1-17-6-8-18(9-7-17)13-15-12(19-16-13)10-2-4-11(14)5-3-10/h10-11H,2-9,14H2,1H3. The van der Waals surface area contributed by atoms with Gasteiger partial charge in [0.25, 0.3) is 5.95 Å². The molecule has 1 aliphatic carbocycles. The van der Waals surface area contributed by atoms with Gasteiger partial charge in [0.1, 0.15) is 0 Å². The summed E-state index contributed by atoms with van der Waals surface area (Å²) < 4.78 is 5.46. The van der Waals surface area contributed by atoms with E-state index in [-0.39, 0.29) is 0 Å². The third-order valence-corrected chi connectivity index (χ3v) is 4.34. The van der Waals surface area contributed by atoms with Crippen molar-refractivity contribution in [3.8, 4) is 0 Å². The molecule has 0 spiro atoms. The molecule has 2 fully saturated rings. The van der Waals surface area contributed by atoms with Crippen LogP contribution >= 0.6 is 0 Å². The van der Waals surface area contributed by atoms with Crippen LogP contribution in [0.25, 0.3) is 0 Å². The summed E-state index contributed by atoms with van der Waals surface area (Å²) in [5, 5.41) is 4.15. The summed E-state index contributed by atoms with van der Waals surface area (Å²) in [6.07, 6.45) is 4.28. The summed E-state index contributed by atoms with van der Waals surface area (Å²) in [5.41, 5.74) is 5.93. The van der Waals surface area contributed by atoms with Crippen LogP contribution in [0.1, 0.15) is 37.5 Å².